The van der Waals surface area contributed by atoms with Crippen molar-refractivity contribution >= 4 is 32.4 Å². The Morgan fingerprint density at radius 2 is 1.87 bits per heavy atom. The van der Waals surface area contributed by atoms with Crippen LogP contribution >= 0.6 is 11.3 Å². The lowest BCUT2D eigenvalue weighted by atomic mass is 9.98. The zero-order chi connectivity index (χ0) is 22.0. The largest absolute Gasteiger partial charge is 0.302 e. The van der Waals surface area contributed by atoms with Crippen LogP contribution in [-0.4, -0.2) is 30.2 Å². The van der Waals surface area contributed by atoms with Crippen molar-refractivity contribution < 1.29 is 13.2 Å². The van der Waals surface area contributed by atoms with Gasteiger partial charge in [0.1, 0.15) is 0 Å². The minimum Gasteiger partial charge on any atom is -0.302 e. The maximum atomic E-state index is 13.0. The van der Waals surface area contributed by atoms with E-state index in [1.54, 1.807) is 24.3 Å². The van der Waals surface area contributed by atoms with E-state index in [0.29, 0.717) is 29.4 Å². The second kappa shape index (κ2) is 8.90. The maximum absolute atomic E-state index is 13.0. The minimum absolute atomic E-state index is 0.0911. The lowest BCUT2D eigenvalue weighted by Crippen LogP contribution is -2.35. The van der Waals surface area contributed by atoms with Crippen molar-refractivity contribution in [2.45, 2.75) is 44.0 Å². The van der Waals surface area contributed by atoms with E-state index in [0.717, 1.165) is 21.7 Å². The van der Waals surface area contributed by atoms with Crippen LogP contribution < -0.4 is 5.32 Å². The maximum Gasteiger partial charge on any atom is 0.243 e. The highest BCUT2D eigenvalue weighted by Gasteiger charge is 2.30. The molecule has 0 radical (unpaired) electrons. The molecule has 1 amide bonds. The second-order valence-corrected chi connectivity index (χ2v) is 10.9. The average Bonchev–Trinajstić information content (AvgIpc) is 3.15. The molecule has 0 saturated carbocycles. The number of aryl methyl sites for hydroxylation is 1. The fraction of sp³-hybridized carbons (Fsp3) is 0.304. The predicted molar refractivity (Wildman–Crippen MR) is 123 cm³/mol. The summed E-state index contributed by atoms with van der Waals surface area (Å²) in [6, 6.07) is 16.8. The van der Waals surface area contributed by atoms with E-state index in [1.165, 1.54) is 15.6 Å². The summed E-state index contributed by atoms with van der Waals surface area (Å²) in [6.07, 6.45) is 0.898. The Morgan fingerprint density at radius 3 is 2.58 bits per heavy atom. The molecule has 6 nitrogen and oxygen atoms in total. The summed E-state index contributed by atoms with van der Waals surface area (Å²) in [7, 11) is -3.56. The lowest BCUT2D eigenvalue weighted by Gasteiger charge is -2.25. The molecule has 162 valence electrons. The number of anilines is 1. The Morgan fingerprint density at radius 1 is 1.16 bits per heavy atom. The highest BCUT2D eigenvalue weighted by atomic mass is 32.2. The van der Waals surface area contributed by atoms with E-state index >= 15 is 0 Å². The van der Waals surface area contributed by atoms with E-state index in [1.807, 2.05) is 44.2 Å². The van der Waals surface area contributed by atoms with E-state index in [2.05, 4.69) is 10.3 Å². The third kappa shape index (κ3) is 4.87. The van der Waals surface area contributed by atoms with Crippen LogP contribution in [0.4, 0.5) is 5.13 Å². The number of sulfonamides is 1. The van der Waals surface area contributed by atoms with E-state index in [-0.39, 0.29) is 18.4 Å². The predicted octanol–water partition coefficient (Wildman–Crippen LogP) is 4.33. The summed E-state index contributed by atoms with van der Waals surface area (Å²) in [6.45, 7) is 4.61. The molecular weight excluding hydrogens is 430 g/mol. The van der Waals surface area contributed by atoms with Crippen molar-refractivity contribution in [3.63, 3.8) is 0 Å². The van der Waals surface area contributed by atoms with Crippen molar-refractivity contribution in [2.75, 3.05) is 11.9 Å². The number of carbonyl (C=O) groups is 1. The van der Waals surface area contributed by atoms with Gasteiger partial charge in [-0.15, -0.1) is 11.3 Å². The molecular formula is C23H25N3O3S2. The van der Waals surface area contributed by atoms with Crippen molar-refractivity contribution in [3.8, 4) is 0 Å². The van der Waals surface area contributed by atoms with Crippen molar-refractivity contribution in [2.24, 2.45) is 0 Å². The zero-order valence-corrected chi connectivity index (χ0v) is 19.2. The van der Waals surface area contributed by atoms with Crippen LogP contribution in [0.25, 0.3) is 0 Å². The molecule has 4 rings (SSSR count). The number of nitrogens with zero attached hydrogens (tertiary/aromatic N) is 2. The Hall–Kier alpha value is -2.55. The molecule has 0 fully saturated rings. The highest BCUT2D eigenvalue weighted by Crippen LogP contribution is 2.31. The Kier molecular flexibility index (Phi) is 6.22. The van der Waals surface area contributed by atoms with Crippen LogP contribution in [0, 0.1) is 6.92 Å². The SMILES string of the molecule is Cc1ccc(S(=O)(=O)N2CCc3nc(NC(=O)C[C@@H](C)c4ccccc4)sc3C2)cc1. The Labute approximate surface area is 187 Å². The fourth-order valence-electron chi connectivity index (χ4n) is 3.64. The summed E-state index contributed by atoms with van der Waals surface area (Å²) in [5, 5.41) is 3.42. The molecule has 0 saturated heterocycles. The van der Waals surface area contributed by atoms with E-state index in [9.17, 15) is 13.2 Å². The monoisotopic (exact) mass is 455 g/mol. The molecule has 1 aromatic heterocycles. The van der Waals surface area contributed by atoms with Gasteiger partial charge >= 0.3 is 0 Å². The quantitative estimate of drug-likeness (QED) is 0.600. The Balaban J connectivity index is 1.42. The van der Waals surface area contributed by atoms with Crippen molar-refractivity contribution in [1.29, 1.82) is 0 Å². The minimum atomic E-state index is -3.56. The standard InChI is InChI=1S/C23H25N3O3S2/c1-16-8-10-19(11-9-16)31(28,29)26-13-12-20-21(15-26)30-23(24-20)25-22(27)14-17(2)18-6-4-3-5-7-18/h3-11,17H,12-15H2,1-2H3,(H,24,25,27)/t17-/m1/s1. The van der Waals surface area contributed by atoms with Gasteiger partial charge in [0.25, 0.3) is 0 Å². The topological polar surface area (TPSA) is 79.4 Å². The number of aromatic nitrogens is 1. The second-order valence-electron chi connectivity index (χ2n) is 7.85. The normalized spacial score (nSPS) is 15.3. The first-order chi connectivity index (χ1) is 14.8. The number of fused-ring (bicyclic) bond motifs is 1. The third-order valence-electron chi connectivity index (χ3n) is 5.46. The molecule has 1 aliphatic heterocycles. The van der Waals surface area contributed by atoms with Crippen LogP contribution in [0.5, 0.6) is 0 Å². The molecule has 1 N–H and O–H groups in total. The first kappa shape index (κ1) is 21.7. The van der Waals surface area contributed by atoms with Gasteiger partial charge in [-0.05, 0) is 30.5 Å². The third-order valence-corrected chi connectivity index (χ3v) is 8.32. The highest BCUT2D eigenvalue weighted by molar-refractivity contribution is 7.89. The van der Waals surface area contributed by atoms with E-state index in [4.69, 9.17) is 0 Å². The summed E-state index contributed by atoms with van der Waals surface area (Å²) >= 11 is 1.35. The van der Waals surface area contributed by atoms with Gasteiger partial charge in [0.15, 0.2) is 5.13 Å². The van der Waals surface area contributed by atoms with Gasteiger partial charge in [-0.3, -0.25) is 4.79 Å². The number of hydrogen-bond acceptors (Lipinski definition) is 5. The molecule has 2 heterocycles. The molecule has 31 heavy (non-hydrogen) atoms. The summed E-state index contributed by atoms with van der Waals surface area (Å²) < 4.78 is 27.5. The van der Waals surface area contributed by atoms with Crippen LogP contribution in [0.3, 0.4) is 0 Å². The van der Waals surface area contributed by atoms with Crippen molar-refractivity contribution in [3.05, 3.63) is 76.3 Å². The summed E-state index contributed by atoms with van der Waals surface area (Å²) in [5.74, 6) is 0.0116. The summed E-state index contributed by atoms with van der Waals surface area (Å²) in [4.78, 5) is 18.2. The number of amides is 1. The smallest absolute Gasteiger partial charge is 0.243 e. The molecule has 1 aliphatic rings. The van der Waals surface area contributed by atoms with Gasteiger partial charge in [-0.25, -0.2) is 13.4 Å². The average molecular weight is 456 g/mol. The van der Waals surface area contributed by atoms with Gasteiger partial charge in [0, 0.05) is 24.3 Å². The van der Waals surface area contributed by atoms with Gasteiger partial charge in [-0.1, -0.05) is 55.0 Å². The number of hydrogen-bond donors (Lipinski definition) is 1. The van der Waals surface area contributed by atoms with E-state index < -0.39 is 10.0 Å². The molecule has 0 unspecified atom stereocenters. The molecule has 0 bridgehead atoms. The Bertz CT molecular complexity index is 1170. The molecule has 0 aliphatic carbocycles. The van der Waals surface area contributed by atoms with Crippen LogP contribution in [0.2, 0.25) is 0 Å². The van der Waals surface area contributed by atoms with Gasteiger partial charge < -0.3 is 5.32 Å². The molecule has 8 heteroatoms. The molecule has 0 spiro atoms. The van der Waals surface area contributed by atoms with Crippen molar-refractivity contribution in [1.82, 2.24) is 9.29 Å². The first-order valence-corrected chi connectivity index (χ1v) is 12.5. The van der Waals surface area contributed by atoms with Crippen LogP contribution in [0.15, 0.2) is 59.5 Å². The van der Waals surface area contributed by atoms with Gasteiger partial charge in [-0.2, -0.15) is 4.31 Å². The molecule has 1 atom stereocenters. The number of benzene rings is 2. The van der Waals surface area contributed by atoms with Gasteiger partial charge in [0.05, 0.1) is 17.1 Å². The number of thiazole rings is 1. The zero-order valence-electron chi connectivity index (χ0n) is 17.5. The van der Waals surface area contributed by atoms with Crippen LogP contribution in [-0.2, 0) is 27.8 Å². The molecule has 2 aromatic carbocycles. The van der Waals surface area contributed by atoms with Gasteiger partial charge in [0.2, 0.25) is 15.9 Å². The molecule has 3 aromatic rings. The fourth-order valence-corrected chi connectivity index (χ4v) is 6.17. The van der Waals surface area contributed by atoms with Crippen LogP contribution in [0.1, 0.15) is 41.0 Å². The number of nitrogens with one attached hydrogen (secondary N) is 1. The number of rotatable bonds is 6. The number of carbonyl (C=O) groups excluding carboxylic acids is 1. The summed E-state index contributed by atoms with van der Waals surface area (Å²) in [5.41, 5.74) is 3.00. The lowest BCUT2D eigenvalue weighted by molar-refractivity contribution is -0.116. The first-order valence-electron chi connectivity index (χ1n) is 10.2.